The van der Waals surface area contributed by atoms with Crippen molar-refractivity contribution in [2.75, 3.05) is 0 Å². The first-order chi connectivity index (χ1) is 7.53. The fraction of sp³-hybridized carbons (Fsp3) is 0.800. The lowest BCUT2D eigenvalue weighted by atomic mass is 10.0. The zero-order chi connectivity index (χ0) is 13.9. The van der Waals surface area contributed by atoms with E-state index in [1.165, 1.54) is 6.07 Å². The van der Waals surface area contributed by atoms with Gasteiger partial charge in [0.05, 0.1) is 12.0 Å². The normalized spacial score (nSPS) is 15.8. The predicted molar refractivity (Wildman–Crippen MR) is 61.1 cm³/mol. The summed E-state index contributed by atoms with van der Waals surface area (Å²) in [5, 5.41) is 8.76. The lowest BCUT2D eigenvalue weighted by molar-refractivity contribution is -0.159. The number of hydrogen-bond donors (Lipinski definition) is 2. The van der Waals surface area contributed by atoms with Gasteiger partial charge in [0.25, 0.3) is 0 Å². The zero-order valence-electron chi connectivity index (χ0n) is 10.4. The molecule has 2 unspecified atom stereocenters. The van der Waals surface area contributed by atoms with Crippen molar-refractivity contribution in [2.24, 2.45) is 5.92 Å². The summed E-state index contributed by atoms with van der Waals surface area (Å²) in [6.07, 6.45) is 0.137. The third-order valence-corrected chi connectivity index (χ3v) is 3.23. The van der Waals surface area contributed by atoms with E-state index in [-0.39, 0.29) is 6.42 Å². The molecule has 0 rings (SSSR count). The second-order valence-electron chi connectivity index (χ2n) is 4.71. The van der Waals surface area contributed by atoms with Crippen LogP contribution in [0.25, 0.3) is 0 Å². The van der Waals surface area contributed by atoms with Gasteiger partial charge in [-0.3, -0.25) is 9.36 Å². The molecule has 98 valence electrons. The SMILES string of the molecule is CCC(C(=O)OC(C)(C)C)C(C#N)P(=O)(O)O. The van der Waals surface area contributed by atoms with Crippen LogP contribution in [-0.2, 0) is 14.1 Å². The van der Waals surface area contributed by atoms with Crippen molar-refractivity contribution in [3.05, 3.63) is 0 Å². The molecule has 0 aromatic carbocycles. The topological polar surface area (TPSA) is 108 Å². The number of ether oxygens (including phenoxy) is 1. The number of nitriles is 1. The Morgan fingerprint density at radius 3 is 2.18 bits per heavy atom. The molecule has 0 fully saturated rings. The first kappa shape index (κ1) is 16.1. The van der Waals surface area contributed by atoms with Gasteiger partial charge in [-0.2, -0.15) is 5.26 Å². The van der Waals surface area contributed by atoms with Gasteiger partial charge in [0.2, 0.25) is 0 Å². The van der Waals surface area contributed by atoms with Crippen molar-refractivity contribution in [3.63, 3.8) is 0 Å². The van der Waals surface area contributed by atoms with Gasteiger partial charge in [0, 0.05) is 0 Å². The van der Waals surface area contributed by atoms with Gasteiger partial charge in [-0.1, -0.05) is 6.92 Å². The fourth-order valence-electron chi connectivity index (χ4n) is 1.30. The van der Waals surface area contributed by atoms with E-state index in [4.69, 9.17) is 19.8 Å². The van der Waals surface area contributed by atoms with Crippen LogP contribution in [0.2, 0.25) is 0 Å². The molecule has 0 amide bonds. The van der Waals surface area contributed by atoms with Crippen LogP contribution < -0.4 is 0 Å². The molecule has 7 heteroatoms. The van der Waals surface area contributed by atoms with Gasteiger partial charge >= 0.3 is 13.6 Å². The summed E-state index contributed by atoms with van der Waals surface area (Å²) in [6, 6.07) is 1.50. The molecule has 0 aliphatic heterocycles. The van der Waals surface area contributed by atoms with Crippen LogP contribution >= 0.6 is 7.60 Å². The van der Waals surface area contributed by atoms with Crippen molar-refractivity contribution >= 4 is 13.6 Å². The Kier molecular flexibility index (Phi) is 5.34. The molecule has 2 N–H and O–H groups in total. The van der Waals surface area contributed by atoms with Crippen molar-refractivity contribution in [2.45, 2.75) is 45.4 Å². The van der Waals surface area contributed by atoms with E-state index in [0.717, 1.165) is 0 Å². The van der Waals surface area contributed by atoms with Gasteiger partial charge in [0.15, 0.2) is 5.66 Å². The van der Waals surface area contributed by atoms with Crippen LogP contribution in [0.15, 0.2) is 0 Å². The summed E-state index contributed by atoms with van der Waals surface area (Å²) in [5.41, 5.74) is -2.40. The maximum absolute atomic E-state index is 11.7. The molecule has 6 nitrogen and oxygen atoms in total. The van der Waals surface area contributed by atoms with Crippen LogP contribution in [0.5, 0.6) is 0 Å². The van der Waals surface area contributed by atoms with Gasteiger partial charge in [0.1, 0.15) is 5.60 Å². The monoisotopic (exact) mass is 263 g/mol. The Morgan fingerprint density at radius 1 is 1.47 bits per heavy atom. The molecule has 0 radical (unpaired) electrons. The summed E-state index contributed by atoms with van der Waals surface area (Å²) in [7, 11) is -4.63. The van der Waals surface area contributed by atoms with E-state index < -0.39 is 30.7 Å². The van der Waals surface area contributed by atoms with E-state index in [9.17, 15) is 9.36 Å². The molecular formula is C10H18NO5P. The number of rotatable bonds is 4. The molecule has 0 saturated heterocycles. The number of esters is 1. The number of nitrogens with zero attached hydrogens (tertiary/aromatic N) is 1. The Morgan fingerprint density at radius 2 is 1.94 bits per heavy atom. The molecular weight excluding hydrogens is 245 g/mol. The molecule has 0 heterocycles. The highest BCUT2D eigenvalue weighted by molar-refractivity contribution is 7.53. The van der Waals surface area contributed by atoms with E-state index >= 15 is 0 Å². The Bertz CT molecular complexity index is 362. The molecule has 0 aromatic rings. The Labute approximate surface area is 101 Å². The highest BCUT2D eigenvalue weighted by Crippen LogP contribution is 2.45. The Balaban J connectivity index is 5.03. The lowest BCUT2D eigenvalue weighted by Gasteiger charge is -2.25. The number of carbonyl (C=O) groups excluding carboxylic acids is 1. The minimum atomic E-state index is -4.63. The summed E-state index contributed by atoms with van der Waals surface area (Å²) in [6.45, 7) is 6.53. The van der Waals surface area contributed by atoms with Crippen molar-refractivity contribution in [3.8, 4) is 6.07 Å². The summed E-state index contributed by atoms with van der Waals surface area (Å²) < 4.78 is 16.1. The molecule has 0 bridgehead atoms. The molecule has 0 aromatic heterocycles. The molecule has 0 aliphatic rings. The zero-order valence-corrected chi connectivity index (χ0v) is 11.3. The third-order valence-electron chi connectivity index (χ3n) is 2.03. The van der Waals surface area contributed by atoms with Crippen LogP contribution in [0.4, 0.5) is 0 Å². The summed E-state index contributed by atoms with van der Waals surface area (Å²) in [4.78, 5) is 29.7. The maximum Gasteiger partial charge on any atom is 0.343 e. The minimum Gasteiger partial charge on any atom is -0.460 e. The number of hydrogen-bond acceptors (Lipinski definition) is 4. The second kappa shape index (κ2) is 5.63. The minimum absolute atomic E-state index is 0.137. The highest BCUT2D eigenvalue weighted by atomic mass is 31.2. The van der Waals surface area contributed by atoms with Gasteiger partial charge in [-0.05, 0) is 27.2 Å². The van der Waals surface area contributed by atoms with Gasteiger partial charge in [-0.15, -0.1) is 0 Å². The fourth-order valence-corrected chi connectivity index (χ4v) is 2.25. The quantitative estimate of drug-likeness (QED) is 0.586. The average molecular weight is 263 g/mol. The maximum atomic E-state index is 11.7. The summed E-state index contributed by atoms with van der Waals surface area (Å²) in [5.74, 6) is -1.87. The van der Waals surface area contributed by atoms with E-state index in [0.29, 0.717) is 0 Å². The molecule has 0 aliphatic carbocycles. The molecule has 0 spiro atoms. The van der Waals surface area contributed by atoms with Crippen LogP contribution in [0, 0.1) is 17.2 Å². The van der Waals surface area contributed by atoms with Crippen molar-refractivity contribution in [1.29, 1.82) is 5.26 Å². The second-order valence-corrected chi connectivity index (χ2v) is 6.45. The van der Waals surface area contributed by atoms with Crippen LogP contribution in [0.1, 0.15) is 34.1 Å². The van der Waals surface area contributed by atoms with E-state index in [2.05, 4.69) is 0 Å². The standard InChI is InChI=1S/C10H18NO5P/c1-5-7(8(6-11)17(13,14)15)9(12)16-10(2,3)4/h7-8H,5H2,1-4H3,(H2,13,14,15). The largest absolute Gasteiger partial charge is 0.460 e. The van der Waals surface area contributed by atoms with Crippen LogP contribution in [-0.4, -0.2) is 27.0 Å². The highest BCUT2D eigenvalue weighted by Gasteiger charge is 2.41. The van der Waals surface area contributed by atoms with Crippen molar-refractivity contribution < 1.29 is 23.9 Å². The van der Waals surface area contributed by atoms with Crippen LogP contribution in [0.3, 0.4) is 0 Å². The smallest absolute Gasteiger partial charge is 0.343 e. The van der Waals surface area contributed by atoms with E-state index in [1.54, 1.807) is 27.7 Å². The molecule has 17 heavy (non-hydrogen) atoms. The van der Waals surface area contributed by atoms with Gasteiger partial charge in [-0.25, -0.2) is 0 Å². The number of carbonyl (C=O) groups is 1. The third kappa shape index (κ3) is 5.31. The summed E-state index contributed by atoms with van der Waals surface area (Å²) >= 11 is 0. The van der Waals surface area contributed by atoms with Gasteiger partial charge < -0.3 is 14.5 Å². The average Bonchev–Trinajstić information content (AvgIpc) is 2.08. The molecule has 2 atom stereocenters. The van der Waals surface area contributed by atoms with Crippen molar-refractivity contribution in [1.82, 2.24) is 0 Å². The lowest BCUT2D eigenvalue weighted by Crippen LogP contribution is -2.34. The molecule has 0 saturated carbocycles. The first-order valence-electron chi connectivity index (χ1n) is 5.20. The Hall–Kier alpha value is -0.890. The van der Waals surface area contributed by atoms with E-state index in [1.807, 2.05) is 0 Å². The predicted octanol–water partition coefficient (Wildman–Crippen LogP) is 1.42. The first-order valence-corrected chi connectivity index (χ1v) is 6.88.